The molecule has 13 heavy (non-hydrogen) atoms. The van der Waals surface area contributed by atoms with Crippen molar-refractivity contribution in [3.8, 4) is 0 Å². The minimum absolute atomic E-state index is 0.641. The van der Waals surface area contributed by atoms with Crippen LogP contribution in [0, 0.1) is 11.8 Å². The first-order valence-corrected chi connectivity index (χ1v) is 4.93. The number of ether oxygens (including phenoxy) is 1. The summed E-state index contributed by atoms with van der Waals surface area (Å²) in [4.78, 5) is 0. The van der Waals surface area contributed by atoms with Crippen molar-refractivity contribution >= 4 is 0 Å². The zero-order chi connectivity index (χ0) is 9.26. The summed E-state index contributed by atoms with van der Waals surface area (Å²) in [5.74, 6) is 2.45. The lowest BCUT2D eigenvalue weighted by Gasteiger charge is -2.26. The van der Waals surface area contributed by atoms with Crippen molar-refractivity contribution < 1.29 is 4.74 Å². The highest BCUT2D eigenvalue weighted by atomic mass is 16.5. The third kappa shape index (κ3) is 1.69. The number of hydrogen-bond acceptors (Lipinski definition) is 1. The van der Waals surface area contributed by atoms with Crippen molar-refractivity contribution in [2.24, 2.45) is 11.8 Å². The zero-order valence-electron chi connectivity index (χ0n) is 8.29. The average molecular weight is 176 g/mol. The van der Waals surface area contributed by atoms with Crippen LogP contribution in [0.25, 0.3) is 0 Å². The number of allylic oxidation sites excluding steroid dienone is 5. The molecule has 0 aliphatic heterocycles. The van der Waals surface area contributed by atoms with Gasteiger partial charge in [0, 0.05) is 5.92 Å². The van der Waals surface area contributed by atoms with Gasteiger partial charge in [-0.25, -0.2) is 0 Å². The van der Waals surface area contributed by atoms with Crippen molar-refractivity contribution in [3.05, 3.63) is 35.6 Å². The fourth-order valence-electron chi connectivity index (χ4n) is 2.06. The first-order valence-electron chi connectivity index (χ1n) is 4.93. The smallest absolute Gasteiger partial charge is 0.118 e. The van der Waals surface area contributed by atoms with Gasteiger partial charge in [-0.05, 0) is 36.5 Å². The largest absolute Gasteiger partial charge is 0.497 e. The maximum absolute atomic E-state index is 5.20. The first-order chi connectivity index (χ1) is 6.29. The molecule has 0 N–H and O–H groups in total. The van der Waals surface area contributed by atoms with Gasteiger partial charge in [0.2, 0.25) is 0 Å². The summed E-state index contributed by atoms with van der Waals surface area (Å²) in [5, 5.41) is 0. The van der Waals surface area contributed by atoms with E-state index in [0.717, 1.165) is 11.7 Å². The maximum Gasteiger partial charge on any atom is 0.118 e. The minimum Gasteiger partial charge on any atom is -0.497 e. The molecule has 70 valence electrons. The third-order valence-corrected chi connectivity index (χ3v) is 2.88. The molecular weight excluding hydrogens is 160 g/mol. The van der Waals surface area contributed by atoms with Crippen molar-refractivity contribution in [3.63, 3.8) is 0 Å². The lowest BCUT2D eigenvalue weighted by atomic mass is 9.80. The summed E-state index contributed by atoms with van der Waals surface area (Å²) < 4.78 is 5.20. The topological polar surface area (TPSA) is 9.23 Å². The van der Waals surface area contributed by atoms with E-state index in [0.29, 0.717) is 5.92 Å². The molecule has 0 heterocycles. The SMILES string of the molecule is COC1=CC2=CCC(C)CC2C=C1. The van der Waals surface area contributed by atoms with Crippen LogP contribution in [0.3, 0.4) is 0 Å². The van der Waals surface area contributed by atoms with Crippen molar-refractivity contribution in [2.75, 3.05) is 7.11 Å². The van der Waals surface area contributed by atoms with Gasteiger partial charge in [-0.15, -0.1) is 0 Å². The molecule has 1 heteroatoms. The average Bonchev–Trinajstić information content (AvgIpc) is 2.17. The molecule has 2 rings (SSSR count). The van der Waals surface area contributed by atoms with E-state index in [1.54, 1.807) is 7.11 Å². The molecule has 0 fully saturated rings. The molecule has 0 radical (unpaired) electrons. The quantitative estimate of drug-likeness (QED) is 0.596. The summed E-state index contributed by atoms with van der Waals surface area (Å²) in [7, 11) is 1.72. The normalized spacial score (nSPS) is 31.8. The molecule has 0 aromatic heterocycles. The van der Waals surface area contributed by atoms with Gasteiger partial charge in [0.15, 0.2) is 0 Å². The Kier molecular flexibility index (Phi) is 2.26. The molecule has 0 saturated heterocycles. The van der Waals surface area contributed by atoms with Crippen LogP contribution >= 0.6 is 0 Å². The number of rotatable bonds is 1. The van der Waals surface area contributed by atoms with Gasteiger partial charge in [-0.2, -0.15) is 0 Å². The summed E-state index contributed by atoms with van der Waals surface area (Å²) in [5.41, 5.74) is 1.44. The van der Waals surface area contributed by atoms with E-state index in [9.17, 15) is 0 Å². The number of hydrogen-bond donors (Lipinski definition) is 0. The standard InChI is InChI=1S/C12H16O/c1-9-3-4-11-8-12(13-2)6-5-10(11)7-9/h4-6,8-10H,3,7H2,1-2H3. The molecule has 2 aliphatic rings. The van der Waals surface area contributed by atoms with E-state index in [2.05, 4.69) is 31.2 Å². The van der Waals surface area contributed by atoms with E-state index >= 15 is 0 Å². The summed E-state index contributed by atoms with van der Waals surface area (Å²) in [6.45, 7) is 2.32. The minimum atomic E-state index is 0.641. The molecular formula is C12H16O. The second kappa shape index (κ2) is 3.41. The lowest BCUT2D eigenvalue weighted by molar-refractivity contribution is 0.303. The van der Waals surface area contributed by atoms with Crippen molar-refractivity contribution in [1.82, 2.24) is 0 Å². The molecule has 1 nitrogen and oxygen atoms in total. The highest BCUT2D eigenvalue weighted by Crippen LogP contribution is 2.33. The maximum atomic E-state index is 5.20. The Balaban J connectivity index is 2.21. The van der Waals surface area contributed by atoms with Gasteiger partial charge in [0.1, 0.15) is 5.76 Å². The zero-order valence-corrected chi connectivity index (χ0v) is 8.29. The highest BCUT2D eigenvalue weighted by Gasteiger charge is 2.20. The van der Waals surface area contributed by atoms with Crippen LogP contribution in [0.4, 0.5) is 0 Å². The molecule has 2 atom stereocenters. The second-order valence-corrected chi connectivity index (χ2v) is 4.00. The predicted octanol–water partition coefficient (Wildman–Crippen LogP) is 3.06. The lowest BCUT2D eigenvalue weighted by Crippen LogP contribution is -2.13. The van der Waals surface area contributed by atoms with E-state index in [4.69, 9.17) is 4.74 Å². The van der Waals surface area contributed by atoms with Crippen LogP contribution in [-0.2, 0) is 4.74 Å². The molecule has 0 bridgehead atoms. The Bertz CT molecular complexity index is 283. The van der Waals surface area contributed by atoms with Crippen LogP contribution in [0.15, 0.2) is 35.6 Å². The van der Waals surface area contributed by atoms with Crippen LogP contribution in [0.1, 0.15) is 19.8 Å². The van der Waals surface area contributed by atoms with Gasteiger partial charge in [0.05, 0.1) is 7.11 Å². The fourth-order valence-corrected chi connectivity index (χ4v) is 2.06. The monoisotopic (exact) mass is 176 g/mol. The summed E-state index contributed by atoms with van der Waals surface area (Å²) in [6.07, 6.45) is 11.4. The van der Waals surface area contributed by atoms with Crippen LogP contribution < -0.4 is 0 Å². The van der Waals surface area contributed by atoms with Crippen molar-refractivity contribution in [2.45, 2.75) is 19.8 Å². The third-order valence-electron chi connectivity index (χ3n) is 2.88. The molecule has 0 aromatic carbocycles. The highest BCUT2D eigenvalue weighted by molar-refractivity contribution is 5.37. The van der Waals surface area contributed by atoms with Crippen LogP contribution in [0.2, 0.25) is 0 Å². The summed E-state index contributed by atoms with van der Waals surface area (Å²) in [6, 6.07) is 0. The fraction of sp³-hybridized carbons (Fsp3) is 0.500. The first kappa shape index (κ1) is 8.61. The molecule has 2 unspecified atom stereocenters. The van der Waals surface area contributed by atoms with E-state index in [1.165, 1.54) is 18.4 Å². The predicted molar refractivity (Wildman–Crippen MR) is 54.2 cm³/mol. The molecule has 0 saturated carbocycles. The van der Waals surface area contributed by atoms with E-state index in [-0.39, 0.29) is 0 Å². The Hall–Kier alpha value is -0.980. The van der Waals surface area contributed by atoms with Gasteiger partial charge in [-0.1, -0.05) is 19.1 Å². The molecule has 0 aromatic rings. The summed E-state index contributed by atoms with van der Waals surface area (Å²) >= 11 is 0. The van der Waals surface area contributed by atoms with Crippen LogP contribution in [-0.4, -0.2) is 7.11 Å². The molecule has 0 spiro atoms. The van der Waals surface area contributed by atoms with Crippen molar-refractivity contribution in [1.29, 1.82) is 0 Å². The Morgan fingerprint density at radius 3 is 3.08 bits per heavy atom. The van der Waals surface area contributed by atoms with Gasteiger partial charge < -0.3 is 4.74 Å². The van der Waals surface area contributed by atoms with Gasteiger partial charge in [-0.3, -0.25) is 0 Å². The second-order valence-electron chi connectivity index (χ2n) is 4.00. The van der Waals surface area contributed by atoms with E-state index in [1.807, 2.05) is 0 Å². The van der Waals surface area contributed by atoms with Gasteiger partial charge >= 0.3 is 0 Å². The Labute approximate surface area is 79.8 Å². The molecule has 2 aliphatic carbocycles. The molecule has 0 amide bonds. The van der Waals surface area contributed by atoms with E-state index < -0.39 is 0 Å². The number of methoxy groups -OCH3 is 1. The van der Waals surface area contributed by atoms with Gasteiger partial charge in [0.25, 0.3) is 0 Å². The van der Waals surface area contributed by atoms with Crippen LogP contribution in [0.5, 0.6) is 0 Å². The number of fused-ring (bicyclic) bond motifs is 1. The Morgan fingerprint density at radius 2 is 2.31 bits per heavy atom. The Morgan fingerprint density at radius 1 is 1.46 bits per heavy atom.